The van der Waals surface area contributed by atoms with E-state index in [0.29, 0.717) is 46.7 Å². The minimum Gasteiger partial charge on any atom is -0.497 e. The molecule has 142 valence electrons. The van der Waals surface area contributed by atoms with Crippen molar-refractivity contribution in [1.82, 2.24) is 15.1 Å². The molecule has 1 aromatic carbocycles. The van der Waals surface area contributed by atoms with Gasteiger partial charge in [0.1, 0.15) is 5.75 Å². The number of methoxy groups -OCH3 is 1. The molecule has 0 bridgehead atoms. The molecule has 2 heterocycles. The number of ether oxygens (including phenoxy) is 1. The molecule has 0 fully saturated rings. The van der Waals surface area contributed by atoms with E-state index >= 15 is 0 Å². The molecule has 2 aromatic heterocycles. The lowest BCUT2D eigenvalue weighted by atomic mass is 10.3. The van der Waals surface area contributed by atoms with Gasteiger partial charge in [-0.1, -0.05) is 13.0 Å². The Morgan fingerprint density at radius 3 is 2.81 bits per heavy atom. The topological polar surface area (TPSA) is 93.6 Å². The van der Waals surface area contributed by atoms with Crippen LogP contribution in [0.25, 0.3) is 11.7 Å². The number of amides is 1. The van der Waals surface area contributed by atoms with Crippen molar-refractivity contribution in [2.24, 2.45) is 0 Å². The van der Waals surface area contributed by atoms with Crippen LogP contribution >= 0.6 is 15.9 Å². The normalized spacial score (nSPS) is 11.0. The van der Waals surface area contributed by atoms with Gasteiger partial charge in [-0.2, -0.15) is 0 Å². The fourth-order valence-electron chi connectivity index (χ4n) is 2.42. The molecule has 0 radical (unpaired) electrons. The summed E-state index contributed by atoms with van der Waals surface area (Å²) in [5.74, 6) is 1.74. The van der Waals surface area contributed by atoms with Gasteiger partial charge in [-0.05, 0) is 46.7 Å². The number of benzene rings is 1. The van der Waals surface area contributed by atoms with Gasteiger partial charge in [0, 0.05) is 11.8 Å². The molecule has 9 heteroatoms. The van der Waals surface area contributed by atoms with E-state index in [1.165, 1.54) is 0 Å². The predicted molar refractivity (Wildman–Crippen MR) is 102 cm³/mol. The lowest BCUT2D eigenvalue weighted by Crippen LogP contribution is -2.32. The van der Waals surface area contributed by atoms with Crippen LogP contribution in [0.15, 0.2) is 49.9 Å². The number of halogens is 1. The highest BCUT2D eigenvalue weighted by molar-refractivity contribution is 9.10. The van der Waals surface area contributed by atoms with Gasteiger partial charge in [-0.15, -0.1) is 10.2 Å². The summed E-state index contributed by atoms with van der Waals surface area (Å²) < 4.78 is 16.8. The number of rotatable bonds is 8. The summed E-state index contributed by atoms with van der Waals surface area (Å²) in [6.45, 7) is 3.16. The quantitative estimate of drug-likeness (QED) is 0.578. The highest BCUT2D eigenvalue weighted by Gasteiger charge is 2.16. The molecule has 27 heavy (non-hydrogen) atoms. The standard InChI is InChI=1S/C18H19BrN4O4/c1-3-23(10-16(24)20-12-5-4-6-13(9-12)25-2)11-17-21-22-18(27-17)14-7-8-15(19)26-14/h4-9H,3,10-11H2,1-2H3,(H,20,24). The van der Waals surface area contributed by atoms with Crippen molar-refractivity contribution in [2.75, 3.05) is 25.5 Å². The molecule has 0 aliphatic heterocycles. The van der Waals surface area contributed by atoms with Crippen molar-refractivity contribution in [2.45, 2.75) is 13.5 Å². The number of hydrogen-bond donors (Lipinski definition) is 1. The van der Waals surface area contributed by atoms with Crippen LogP contribution in [0.3, 0.4) is 0 Å². The van der Waals surface area contributed by atoms with Gasteiger partial charge in [0.05, 0.1) is 20.2 Å². The molecule has 8 nitrogen and oxygen atoms in total. The van der Waals surface area contributed by atoms with Gasteiger partial charge in [0.2, 0.25) is 11.8 Å². The minimum atomic E-state index is -0.139. The first-order valence-corrected chi connectivity index (χ1v) is 9.11. The Balaban J connectivity index is 1.58. The van der Waals surface area contributed by atoms with Crippen LogP contribution in [-0.4, -0.2) is 41.2 Å². The van der Waals surface area contributed by atoms with E-state index in [4.69, 9.17) is 13.6 Å². The second-order valence-corrected chi connectivity index (χ2v) is 6.47. The maximum Gasteiger partial charge on any atom is 0.283 e. The summed E-state index contributed by atoms with van der Waals surface area (Å²) in [7, 11) is 1.58. The first-order chi connectivity index (χ1) is 13.1. The maximum absolute atomic E-state index is 12.3. The van der Waals surface area contributed by atoms with E-state index in [0.717, 1.165) is 0 Å². The number of nitrogens with zero attached hydrogens (tertiary/aromatic N) is 3. The van der Waals surface area contributed by atoms with Crippen LogP contribution in [0.4, 0.5) is 5.69 Å². The molecule has 1 N–H and O–H groups in total. The van der Waals surface area contributed by atoms with Crippen molar-refractivity contribution < 1.29 is 18.4 Å². The van der Waals surface area contributed by atoms with Crippen LogP contribution in [0, 0.1) is 0 Å². The van der Waals surface area contributed by atoms with Gasteiger partial charge in [-0.25, -0.2) is 0 Å². The fraction of sp³-hybridized carbons (Fsp3) is 0.278. The number of likely N-dealkylation sites (N-methyl/N-ethyl adjacent to an activating group) is 1. The number of anilines is 1. The largest absolute Gasteiger partial charge is 0.497 e. The molecule has 0 atom stereocenters. The van der Waals surface area contributed by atoms with Crippen LogP contribution < -0.4 is 10.1 Å². The number of carbonyl (C=O) groups excluding carboxylic acids is 1. The van der Waals surface area contributed by atoms with E-state index in [9.17, 15) is 4.79 Å². The summed E-state index contributed by atoms with van der Waals surface area (Å²) >= 11 is 3.23. The molecule has 0 aliphatic carbocycles. The maximum atomic E-state index is 12.3. The molecule has 0 unspecified atom stereocenters. The summed E-state index contributed by atoms with van der Waals surface area (Å²) in [6, 6.07) is 10.7. The van der Waals surface area contributed by atoms with Crippen LogP contribution in [-0.2, 0) is 11.3 Å². The summed E-state index contributed by atoms with van der Waals surface area (Å²) in [5, 5.41) is 10.9. The third kappa shape index (κ3) is 5.18. The van der Waals surface area contributed by atoms with E-state index in [1.807, 2.05) is 30.0 Å². The Hall–Kier alpha value is -2.65. The first kappa shape index (κ1) is 19.1. The second kappa shape index (κ2) is 8.83. The molecular weight excluding hydrogens is 416 g/mol. The lowest BCUT2D eigenvalue weighted by Gasteiger charge is -2.17. The van der Waals surface area contributed by atoms with Gasteiger partial charge in [0.25, 0.3) is 5.89 Å². The van der Waals surface area contributed by atoms with E-state index in [1.54, 1.807) is 25.3 Å². The molecule has 3 rings (SSSR count). The monoisotopic (exact) mass is 434 g/mol. The average molecular weight is 435 g/mol. The van der Waals surface area contributed by atoms with E-state index in [-0.39, 0.29) is 12.5 Å². The van der Waals surface area contributed by atoms with Crippen molar-refractivity contribution in [1.29, 1.82) is 0 Å². The fourth-order valence-corrected chi connectivity index (χ4v) is 2.73. The molecule has 0 spiro atoms. The number of furan rings is 1. The smallest absolute Gasteiger partial charge is 0.283 e. The van der Waals surface area contributed by atoms with Gasteiger partial charge < -0.3 is 18.9 Å². The number of hydrogen-bond acceptors (Lipinski definition) is 7. The van der Waals surface area contributed by atoms with Gasteiger partial charge >= 0.3 is 0 Å². The van der Waals surface area contributed by atoms with E-state index < -0.39 is 0 Å². The first-order valence-electron chi connectivity index (χ1n) is 8.31. The van der Waals surface area contributed by atoms with Crippen molar-refractivity contribution in [3.63, 3.8) is 0 Å². The summed E-state index contributed by atoms with van der Waals surface area (Å²) in [5.41, 5.74) is 0.680. The molecule has 0 saturated heterocycles. The molecule has 3 aromatic rings. The third-order valence-corrected chi connectivity index (χ3v) is 4.20. The Kier molecular flexibility index (Phi) is 6.25. The average Bonchev–Trinajstić information content (AvgIpc) is 3.30. The van der Waals surface area contributed by atoms with Crippen LogP contribution in [0.5, 0.6) is 5.75 Å². The number of nitrogens with one attached hydrogen (secondary N) is 1. The molecule has 0 aliphatic rings. The van der Waals surface area contributed by atoms with E-state index in [2.05, 4.69) is 31.4 Å². The molecular formula is C18H19BrN4O4. The van der Waals surface area contributed by atoms with Crippen molar-refractivity contribution in [3.8, 4) is 17.4 Å². The lowest BCUT2D eigenvalue weighted by molar-refractivity contribution is -0.117. The highest BCUT2D eigenvalue weighted by atomic mass is 79.9. The Bertz CT molecular complexity index is 908. The zero-order valence-corrected chi connectivity index (χ0v) is 16.5. The minimum absolute atomic E-state index is 0.139. The summed E-state index contributed by atoms with van der Waals surface area (Å²) in [6.07, 6.45) is 0. The predicted octanol–water partition coefficient (Wildman–Crippen LogP) is 3.56. The second-order valence-electron chi connectivity index (χ2n) is 5.69. The van der Waals surface area contributed by atoms with Crippen LogP contribution in [0.1, 0.15) is 12.8 Å². The van der Waals surface area contributed by atoms with Crippen molar-refractivity contribution >= 4 is 27.5 Å². The van der Waals surface area contributed by atoms with Gasteiger partial charge in [-0.3, -0.25) is 9.69 Å². The van der Waals surface area contributed by atoms with Crippen LogP contribution in [0.2, 0.25) is 0 Å². The molecule has 1 amide bonds. The number of aromatic nitrogens is 2. The SMILES string of the molecule is CCN(CC(=O)Nc1cccc(OC)c1)Cc1nnc(-c2ccc(Br)o2)o1. The van der Waals surface area contributed by atoms with Gasteiger partial charge in [0.15, 0.2) is 10.4 Å². The zero-order chi connectivity index (χ0) is 19.2. The number of carbonyl (C=O) groups is 1. The highest BCUT2D eigenvalue weighted by Crippen LogP contribution is 2.24. The Labute approximate surface area is 164 Å². The van der Waals surface area contributed by atoms with Crippen molar-refractivity contribution in [3.05, 3.63) is 47.0 Å². The Morgan fingerprint density at radius 1 is 1.26 bits per heavy atom. The zero-order valence-electron chi connectivity index (χ0n) is 14.9. The summed E-state index contributed by atoms with van der Waals surface area (Å²) in [4.78, 5) is 14.2. The Morgan fingerprint density at radius 2 is 2.11 bits per heavy atom. The molecule has 0 saturated carbocycles. The third-order valence-electron chi connectivity index (χ3n) is 3.78.